The van der Waals surface area contributed by atoms with Crippen LogP contribution in [0, 0.1) is 5.82 Å². The fourth-order valence-corrected chi connectivity index (χ4v) is 3.93. The van der Waals surface area contributed by atoms with Crippen molar-refractivity contribution in [3.8, 4) is 5.75 Å². The second-order valence-electron chi connectivity index (χ2n) is 5.22. The van der Waals surface area contributed by atoms with Gasteiger partial charge in [0.2, 0.25) is 0 Å². The highest BCUT2D eigenvalue weighted by Crippen LogP contribution is 2.25. The number of hydrogen-bond donors (Lipinski definition) is 0. The Morgan fingerprint density at radius 1 is 1.40 bits per heavy atom. The maximum Gasteiger partial charge on any atom is 0.176 e. The lowest BCUT2D eigenvalue weighted by Crippen LogP contribution is -2.42. The van der Waals surface area contributed by atoms with Gasteiger partial charge in [-0.2, -0.15) is 11.8 Å². The Kier molecular flexibility index (Phi) is 5.05. The lowest BCUT2D eigenvalue weighted by molar-refractivity contribution is 0.0929. The van der Waals surface area contributed by atoms with E-state index in [0.29, 0.717) is 22.6 Å². The normalized spacial score (nSPS) is 23.6. The zero-order valence-electron chi connectivity index (χ0n) is 12.1. The summed E-state index contributed by atoms with van der Waals surface area (Å²) in [4.78, 5) is 14.4. The molecule has 110 valence electrons. The molecule has 1 aliphatic heterocycles. The fraction of sp³-hybridized carbons (Fsp3) is 0.533. The molecule has 0 N–H and O–H groups in total. The van der Waals surface area contributed by atoms with Crippen molar-refractivity contribution in [3.05, 3.63) is 29.6 Å². The van der Waals surface area contributed by atoms with Crippen molar-refractivity contribution < 1.29 is 13.9 Å². The van der Waals surface area contributed by atoms with Crippen LogP contribution in [0.5, 0.6) is 5.75 Å². The third-order valence-electron chi connectivity index (χ3n) is 3.34. The van der Waals surface area contributed by atoms with Crippen molar-refractivity contribution in [2.75, 3.05) is 26.7 Å². The molecule has 1 aromatic carbocycles. The van der Waals surface area contributed by atoms with Gasteiger partial charge in [0.25, 0.3) is 0 Å². The Morgan fingerprint density at radius 2 is 2.05 bits per heavy atom. The number of nitrogens with zero attached hydrogens (tertiary/aromatic N) is 1. The van der Waals surface area contributed by atoms with Crippen molar-refractivity contribution in [1.29, 1.82) is 0 Å². The van der Waals surface area contributed by atoms with Gasteiger partial charge in [0.15, 0.2) is 17.3 Å². The Hall–Kier alpha value is -1.07. The Labute approximate surface area is 123 Å². The number of hydrogen-bond acceptors (Lipinski definition) is 4. The number of thioether (sulfide) groups is 1. The van der Waals surface area contributed by atoms with Crippen molar-refractivity contribution in [3.63, 3.8) is 0 Å². The molecule has 0 spiro atoms. The van der Waals surface area contributed by atoms with Crippen LogP contribution in [0.25, 0.3) is 0 Å². The minimum Gasteiger partial charge on any atom is -0.494 e. The fourth-order valence-electron chi connectivity index (χ4n) is 2.55. The van der Waals surface area contributed by atoms with Gasteiger partial charge in [-0.1, -0.05) is 13.8 Å². The van der Waals surface area contributed by atoms with E-state index in [1.807, 2.05) is 11.8 Å². The minimum absolute atomic E-state index is 0.0437. The predicted octanol–water partition coefficient (Wildman–Crippen LogP) is 2.84. The van der Waals surface area contributed by atoms with Gasteiger partial charge in [-0.05, 0) is 18.2 Å². The van der Waals surface area contributed by atoms with Gasteiger partial charge < -0.3 is 4.74 Å². The van der Waals surface area contributed by atoms with Crippen LogP contribution in [0.15, 0.2) is 18.2 Å². The summed E-state index contributed by atoms with van der Waals surface area (Å²) in [5.74, 6) is -0.370. The maximum atomic E-state index is 13.6. The highest BCUT2D eigenvalue weighted by atomic mass is 32.2. The average Bonchev–Trinajstić information content (AvgIpc) is 2.37. The molecule has 0 aromatic heterocycles. The summed E-state index contributed by atoms with van der Waals surface area (Å²) in [6, 6.07) is 4.38. The summed E-state index contributed by atoms with van der Waals surface area (Å²) in [6.45, 7) is 6.50. The molecule has 1 heterocycles. The number of benzene rings is 1. The molecule has 0 radical (unpaired) electrons. The molecule has 1 aliphatic rings. The van der Waals surface area contributed by atoms with Gasteiger partial charge in [0, 0.05) is 29.2 Å². The maximum absolute atomic E-state index is 13.6. The summed E-state index contributed by atoms with van der Waals surface area (Å²) in [7, 11) is 1.41. The van der Waals surface area contributed by atoms with Crippen LogP contribution >= 0.6 is 11.8 Å². The van der Waals surface area contributed by atoms with Crippen molar-refractivity contribution in [2.45, 2.75) is 24.3 Å². The summed E-state index contributed by atoms with van der Waals surface area (Å²) in [5.41, 5.74) is 0.404. The first-order chi connectivity index (χ1) is 9.49. The lowest BCUT2D eigenvalue weighted by Gasteiger charge is -2.34. The zero-order valence-corrected chi connectivity index (χ0v) is 12.9. The number of ketones is 1. The van der Waals surface area contributed by atoms with Crippen LogP contribution in [-0.4, -0.2) is 47.9 Å². The van der Waals surface area contributed by atoms with E-state index in [0.717, 1.165) is 13.1 Å². The van der Waals surface area contributed by atoms with Gasteiger partial charge in [-0.3, -0.25) is 9.69 Å². The Bertz CT molecular complexity index is 485. The molecule has 20 heavy (non-hydrogen) atoms. The summed E-state index contributed by atoms with van der Waals surface area (Å²) in [6.07, 6.45) is 0. The number of ether oxygens (including phenoxy) is 1. The van der Waals surface area contributed by atoms with Gasteiger partial charge in [-0.25, -0.2) is 4.39 Å². The first-order valence-corrected chi connectivity index (χ1v) is 7.68. The van der Waals surface area contributed by atoms with E-state index in [9.17, 15) is 9.18 Å². The van der Waals surface area contributed by atoms with E-state index in [4.69, 9.17) is 4.74 Å². The number of Topliss-reactive ketones (excluding diaryl/α,β-unsaturated/α-hetero) is 1. The van der Waals surface area contributed by atoms with Crippen LogP contribution in [0.1, 0.15) is 24.2 Å². The van der Waals surface area contributed by atoms with Crippen LogP contribution in [0.4, 0.5) is 4.39 Å². The minimum atomic E-state index is -0.491. The number of halogens is 1. The highest BCUT2D eigenvalue weighted by Gasteiger charge is 2.24. The number of carbonyl (C=O) groups excluding carboxylic acids is 1. The van der Waals surface area contributed by atoms with Crippen LogP contribution < -0.4 is 4.74 Å². The molecule has 0 saturated carbocycles. The summed E-state index contributed by atoms with van der Waals surface area (Å²) >= 11 is 1.95. The molecule has 5 heteroatoms. The highest BCUT2D eigenvalue weighted by molar-refractivity contribution is 8.00. The quantitative estimate of drug-likeness (QED) is 0.799. The molecular formula is C15H20FNO2S. The topological polar surface area (TPSA) is 29.5 Å². The smallest absolute Gasteiger partial charge is 0.176 e. The molecule has 2 unspecified atom stereocenters. The number of methoxy groups -OCH3 is 1. The third kappa shape index (κ3) is 3.73. The van der Waals surface area contributed by atoms with E-state index in [-0.39, 0.29) is 11.5 Å². The van der Waals surface area contributed by atoms with E-state index >= 15 is 0 Å². The summed E-state index contributed by atoms with van der Waals surface area (Å²) in [5, 5.41) is 1.05. The van der Waals surface area contributed by atoms with Crippen molar-refractivity contribution in [1.82, 2.24) is 4.90 Å². The van der Waals surface area contributed by atoms with Crippen molar-refractivity contribution in [2.24, 2.45) is 0 Å². The molecular weight excluding hydrogens is 277 g/mol. The second-order valence-corrected chi connectivity index (χ2v) is 7.11. The Morgan fingerprint density at radius 3 is 2.60 bits per heavy atom. The third-order valence-corrected chi connectivity index (χ3v) is 4.56. The van der Waals surface area contributed by atoms with E-state index in [1.54, 1.807) is 6.07 Å². The number of carbonyl (C=O) groups is 1. The number of rotatable bonds is 4. The first kappa shape index (κ1) is 15.3. The monoisotopic (exact) mass is 297 g/mol. The first-order valence-electron chi connectivity index (χ1n) is 6.74. The SMILES string of the molecule is COc1ccc(C(=O)CN2CC(C)SC(C)C2)cc1F. The molecule has 0 aliphatic carbocycles. The molecule has 0 amide bonds. The molecule has 3 nitrogen and oxygen atoms in total. The molecule has 2 rings (SSSR count). The standard InChI is InChI=1S/C15H20FNO2S/c1-10-7-17(8-11(2)20-10)9-14(18)12-4-5-15(19-3)13(16)6-12/h4-6,10-11H,7-9H2,1-3H3. The average molecular weight is 297 g/mol. The van der Waals surface area contributed by atoms with Crippen molar-refractivity contribution >= 4 is 17.5 Å². The molecule has 1 saturated heterocycles. The molecule has 1 fully saturated rings. The molecule has 2 atom stereocenters. The van der Waals surface area contributed by atoms with E-state index in [1.165, 1.54) is 19.2 Å². The summed E-state index contributed by atoms with van der Waals surface area (Å²) < 4.78 is 18.5. The van der Waals surface area contributed by atoms with E-state index in [2.05, 4.69) is 18.7 Å². The van der Waals surface area contributed by atoms with Crippen LogP contribution in [-0.2, 0) is 0 Å². The largest absolute Gasteiger partial charge is 0.494 e. The molecule has 1 aromatic rings. The zero-order chi connectivity index (χ0) is 14.7. The van der Waals surface area contributed by atoms with Crippen LogP contribution in [0.2, 0.25) is 0 Å². The van der Waals surface area contributed by atoms with Gasteiger partial charge in [-0.15, -0.1) is 0 Å². The predicted molar refractivity (Wildman–Crippen MR) is 80.2 cm³/mol. The second kappa shape index (κ2) is 6.59. The Balaban J connectivity index is 2.02. The molecule has 0 bridgehead atoms. The lowest BCUT2D eigenvalue weighted by atomic mass is 10.1. The van der Waals surface area contributed by atoms with Gasteiger partial charge in [0.05, 0.1) is 13.7 Å². The van der Waals surface area contributed by atoms with E-state index < -0.39 is 5.82 Å². The van der Waals surface area contributed by atoms with Gasteiger partial charge >= 0.3 is 0 Å². The van der Waals surface area contributed by atoms with Crippen LogP contribution in [0.3, 0.4) is 0 Å². The van der Waals surface area contributed by atoms with Gasteiger partial charge in [0.1, 0.15) is 0 Å².